The molecule has 0 bridgehead atoms. The molecule has 1 aromatic heterocycles. The van der Waals surface area contributed by atoms with Gasteiger partial charge < -0.3 is 5.73 Å². The Morgan fingerprint density at radius 3 is 2.41 bits per heavy atom. The lowest BCUT2D eigenvalue weighted by Crippen LogP contribution is -2.39. The van der Waals surface area contributed by atoms with Gasteiger partial charge in [0.05, 0.1) is 10.9 Å². The first-order valence-corrected chi connectivity index (χ1v) is 7.65. The van der Waals surface area contributed by atoms with Crippen LogP contribution < -0.4 is 5.73 Å². The molecule has 0 aromatic carbocycles. The molecule has 0 aliphatic carbocycles. The highest BCUT2D eigenvalue weighted by molar-refractivity contribution is 7.91. The van der Waals surface area contributed by atoms with E-state index < -0.39 is 21.1 Å². The van der Waals surface area contributed by atoms with Crippen LogP contribution in [0, 0.1) is 0 Å². The van der Waals surface area contributed by atoms with Gasteiger partial charge in [0.25, 0.3) is 0 Å². The summed E-state index contributed by atoms with van der Waals surface area (Å²) in [6, 6.07) is 1.77. The first-order valence-electron chi connectivity index (χ1n) is 5.70. The maximum Gasteiger partial charge on any atom is 0.151 e. The van der Waals surface area contributed by atoms with Crippen molar-refractivity contribution >= 4 is 9.84 Å². The molecule has 98 valence electrons. The lowest BCUT2D eigenvalue weighted by Gasteiger charge is -2.17. The Morgan fingerprint density at radius 1 is 1.41 bits per heavy atom. The second kappa shape index (κ2) is 5.18. The molecule has 1 heterocycles. The standard InChI is InChI=1S/C11H21N3O2S/c1-8(2)14-6-5-10(13-14)7-11(12)9(3)17(4,15)16/h5-6,8-9,11H,7,12H2,1-4H3. The van der Waals surface area contributed by atoms with E-state index in [9.17, 15) is 8.42 Å². The molecule has 0 aliphatic rings. The molecule has 0 aliphatic heterocycles. The van der Waals surface area contributed by atoms with Crippen LogP contribution in [0.4, 0.5) is 0 Å². The number of nitrogens with zero attached hydrogens (tertiary/aromatic N) is 2. The Balaban J connectivity index is 2.71. The minimum absolute atomic E-state index is 0.298. The molecule has 17 heavy (non-hydrogen) atoms. The Hall–Kier alpha value is -0.880. The van der Waals surface area contributed by atoms with Crippen LogP contribution in [0.1, 0.15) is 32.5 Å². The summed E-state index contributed by atoms with van der Waals surface area (Å²) >= 11 is 0. The summed E-state index contributed by atoms with van der Waals surface area (Å²) in [4.78, 5) is 0. The summed E-state index contributed by atoms with van der Waals surface area (Å²) in [7, 11) is -3.09. The van der Waals surface area contributed by atoms with Crippen LogP contribution in [0.5, 0.6) is 0 Å². The van der Waals surface area contributed by atoms with Gasteiger partial charge in [-0.05, 0) is 26.8 Å². The summed E-state index contributed by atoms with van der Waals surface area (Å²) in [6.45, 7) is 5.71. The summed E-state index contributed by atoms with van der Waals surface area (Å²) in [5.41, 5.74) is 6.73. The zero-order chi connectivity index (χ0) is 13.2. The molecule has 0 radical (unpaired) electrons. The van der Waals surface area contributed by atoms with Crippen molar-refractivity contribution in [2.24, 2.45) is 5.73 Å². The maximum absolute atomic E-state index is 11.4. The van der Waals surface area contributed by atoms with E-state index in [2.05, 4.69) is 5.10 Å². The van der Waals surface area contributed by atoms with Gasteiger partial charge in [-0.15, -0.1) is 0 Å². The number of aromatic nitrogens is 2. The Morgan fingerprint density at radius 2 is 2.00 bits per heavy atom. The number of hydrogen-bond acceptors (Lipinski definition) is 4. The largest absolute Gasteiger partial charge is 0.326 e. The molecular formula is C11H21N3O2S. The van der Waals surface area contributed by atoms with Crippen LogP contribution in [-0.2, 0) is 16.3 Å². The van der Waals surface area contributed by atoms with Gasteiger partial charge >= 0.3 is 0 Å². The first kappa shape index (κ1) is 14.2. The molecule has 2 unspecified atom stereocenters. The molecule has 1 aromatic rings. The van der Waals surface area contributed by atoms with Gasteiger partial charge in [0, 0.05) is 31.0 Å². The van der Waals surface area contributed by atoms with Crippen molar-refractivity contribution in [1.82, 2.24) is 9.78 Å². The zero-order valence-electron chi connectivity index (χ0n) is 10.8. The number of sulfone groups is 1. The molecule has 0 spiro atoms. The highest BCUT2D eigenvalue weighted by atomic mass is 32.2. The van der Waals surface area contributed by atoms with Crippen LogP contribution in [0.15, 0.2) is 12.3 Å². The van der Waals surface area contributed by atoms with E-state index in [-0.39, 0.29) is 0 Å². The van der Waals surface area contributed by atoms with E-state index in [1.165, 1.54) is 6.26 Å². The third-order valence-corrected chi connectivity index (χ3v) is 4.62. The molecule has 2 atom stereocenters. The minimum atomic E-state index is -3.09. The summed E-state index contributed by atoms with van der Waals surface area (Å²) in [5.74, 6) is 0. The Bertz CT molecular complexity index is 465. The van der Waals surface area contributed by atoms with E-state index in [0.717, 1.165) is 5.69 Å². The van der Waals surface area contributed by atoms with E-state index >= 15 is 0 Å². The Labute approximate surface area is 103 Å². The van der Waals surface area contributed by atoms with Crippen molar-refractivity contribution in [3.63, 3.8) is 0 Å². The van der Waals surface area contributed by atoms with Crippen molar-refractivity contribution in [3.05, 3.63) is 18.0 Å². The van der Waals surface area contributed by atoms with Crippen molar-refractivity contribution < 1.29 is 8.42 Å². The van der Waals surface area contributed by atoms with Gasteiger partial charge in [-0.25, -0.2) is 8.42 Å². The van der Waals surface area contributed by atoms with E-state index in [4.69, 9.17) is 5.73 Å². The highest BCUT2D eigenvalue weighted by Crippen LogP contribution is 2.10. The normalized spacial score (nSPS) is 16.1. The summed E-state index contributed by atoms with van der Waals surface area (Å²) in [6.07, 6.45) is 3.58. The molecule has 0 saturated carbocycles. The van der Waals surface area contributed by atoms with Crippen molar-refractivity contribution in [2.45, 2.75) is 44.5 Å². The first-order chi connectivity index (χ1) is 7.71. The lowest BCUT2D eigenvalue weighted by atomic mass is 10.1. The quantitative estimate of drug-likeness (QED) is 0.847. The van der Waals surface area contributed by atoms with E-state index in [0.29, 0.717) is 12.5 Å². The van der Waals surface area contributed by atoms with Crippen LogP contribution in [0.3, 0.4) is 0 Å². The molecule has 2 N–H and O–H groups in total. The smallest absolute Gasteiger partial charge is 0.151 e. The highest BCUT2D eigenvalue weighted by Gasteiger charge is 2.23. The second-order valence-electron chi connectivity index (χ2n) is 4.78. The SMILES string of the molecule is CC(C)n1ccc(CC(N)C(C)S(C)(=O)=O)n1. The molecule has 1 rings (SSSR count). The zero-order valence-corrected chi connectivity index (χ0v) is 11.6. The fourth-order valence-electron chi connectivity index (χ4n) is 1.50. The molecular weight excluding hydrogens is 238 g/mol. The Kier molecular flexibility index (Phi) is 4.32. The molecule has 0 fully saturated rings. The predicted octanol–water partition coefficient (Wildman–Crippen LogP) is 0.767. The molecule has 6 heteroatoms. The van der Waals surface area contributed by atoms with Gasteiger partial charge in [-0.2, -0.15) is 5.10 Å². The third kappa shape index (κ3) is 3.81. The third-order valence-electron chi connectivity index (χ3n) is 2.92. The molecule has 0 amide bonds. The monoisotopic (exact) mass is 259 g/mol. The molecule has 0 saturated heterocycles. The van der Waals surface area contributed by atoms with Gasteiger partial charge in [0.15, 0.2) is 9.84 Å². The van der Waals surface area contributed by atoms with E-state index in [1.54, 1.807) is 6.92 Å². The van der Waals surface area contributed by atoms with Gasteiger partial charge in [-0.3, -0.25) is 4.68 Å². The van der Waals surface area contributed by atoms with Crippen molar-refractivity contribution in [1.29, 1.82) is 0 Å². The van der Waals surface area contributed by atoms with Crippen LogP contribution in [0.2, 0.25) is 0 Å². The van der Waals surface area contributed by atoms with Crippen LogP contribution in [-0.4, -0.2) is 35.7 Å². The second-order valence-corrected chi connectivity index (χ2v) is 7.19. The summed E-state index contributed by atoms with van der Waals surface area (Å²) in [5, 5.41) is 3.81. The number of nitrogens with two attached hydrogens (primary N) is 1. The fraction of sp³-hybridized carbons (Fsp3) is 0.727. The van der Waals surface area contributed by atoms with Gasteiger partial charge in [0.2, 0.25) is 0 Å². The van der Waals surface area contributed by atoms with Gasteiger partial charge in [0.1, 0.15) is 0 Å². The van der Waals surface area contributed by atoms with Crippen molar-refractivity contribution in [2.75, 3.05) is 6.26 Å². The average molecular weight is 259 g/mol. The van der Waals surface area contributed by atoms with Gasteiger partial charge in [-0.1, -0.05) is 0 Å². The van der Waals surface area contributed by atoms with Crippen molar-refractivity contribution in [3.8, 4) is 0 Å². The van der Waals surface area contributed by atoms with E-state index in [1.807, 2.05) is 30.8 Å². The predicted molar refractivity (Wildman–Crippen MR) is 68.6 cm³/mol. The van der Waals surface area contributed by atoms with Crippen LogP contribution in [0.25, 0.3) is 0 Å². The minimum Gasteiger partial charge on any atom is -0.326 e. The average Bonchev–Trinajstić information content (AvgIpc) is 2.63. The fourth-order valence-corrected chi connectivity index (χ4v) is 2.23. The number of hydrogen-bond donors (Lipinski definition) is 1. The summed E-state index contributed by atoms with van der Waals surface area (Å²) < 4.78 is 24.6. The van der Waals surface area contributed by atoms with Crippen LogP contribution >= 0.6 is 0 Å². The maximum atomic E-state index is 11.4. The number of rotatable bonds is 5. The molecule has 5 nitrogen and oxygen atoms in total. The topological polar surface area (TPSA) is 78.0 Å². The lowest BCUT2D eigenvalue weighted by molar-refractivity contribution is 0.517.